The lowest BCUT2D eigenvalue weighted by atomic mass is 10.0. The SMILES string of the molecule is C=C(C)CC[C@H]1OC(C)(C)O[C@H]1C[C@@H](CN)OCOC. The van der Waals surface area contributed by atoms with Crippen LogP contribution in [-0.2, 0) is 18.9 Å². The van der Waals surface area contributed by atoms with Crippen LogP contribution < -0.4 is 5.73 Å². The highest BCUT2D eigenvalue weighted by Gasteiger charge is 2.41. The van der Waals surface area contributed by atoms with Crippen LogP contribution in [-0.4, -0.2) is 44.5 Å². The van der Waals surface area contributed by atoms with Crippen LogP contribution in [0.4, 0.5) is 0 Å². The van der Waals surface area contributed by atoms with Crippen molar-refractivity contribution in [1.82, 2.24) is 0 Å². The van der Waals surface area contributed by atoms with Crippen molar-refractivity contribution in [2.45, 2.75) is 64.1 Å². The first-order chi connectivity index (χ1) is 9.38. The Morgan fingerprint density at radius 2 is 2.00 bits per heavy atom. The molecule has 0 spiro atoms. The quantitative estimate of drug-likeness (QED) is 0.520. The van der Waals surface area contributed by atoms with Crippen LogP contribution in [0.2, 0.25) is 0 Å². The molecule has 1 rings (SSSR count). The summed E-state index contributed by atoms with van der Waals surface area (Å²) in [5.74, 6) is -0.551. The largest absolute Gasteiger partial charge is 0.359 e. The van der Waals surface area contributed by atoms with E-state index in [1.165, 1.54) is 0 Å². The Labute approximate surface area is 122 Å². The third-order valence-corrected chi connectivity index (χ3v) is 3.32. The van der Waals surface area contributed by atoms with E-state index in [9.17, 15) is 0 Å². The van der Waals surface area contributed by atoms with Crippen LogP contribution in [0.15, 0.2) is 12.2 Å². The number of hydrogen-bond donors (Lipinski definition) is 1. The predicted molar refractivity (Wildman–Crippen MR) is 78.3 cm³/mol. The van der Waals surface area contributed by atoms with Gasteiger partial charge in [-0.15, -0.1) is 6.58 Å². The molecule has 0 aromatic rings. The van der Waals surface area contributed by atoms with Crippen LogP contribution >= 0.6 is 0 Å². The van der Waals surface area contributed by atoms with E-state index < -0.39 is 5.79 Å². The molecule has 5 heteroatoms. The zero-order valence-electron chi connectivity index (χ0n) is 13.2. The second-order valence-corrected chi connectivity index (χ2v) is 5.87. The first kappa shape index (κ1) is 17.6. The molecule has 0 aromatic carbocycles. The van der Waals surface area contributed by atoms with Crippen molar-refractivity contribution < 1.29 is 18.9 Å². The average molecular weight is 287 g/mol. The minimum absolute atomic E-state index is 0.00486. The van der Waals surface area contributed by atoms with Gasteiger partial charge >= 0.3 is 0 Å². The average Bonchev–Trinajstić information content (AvgIpc) is 2.66. The van der Waals surface area contributed by atoms with Crippen molar-refractivity contribution in [3.63, 3.8) is 0 Å². The van der Waals surface area contributed by atoms with Gasteiger partial charge in [-0.1, -0.05) is 5.57 Å². The molecule has 0 unspecified atom stereocenters. The summed E-state index contributed by atoms with van der Waals surface area (Å²) in [7, 11) is 1.60. The first-order valence-corrected chi connectivity index (χ1v) is 7.18. The van der Waals surface area contributed by atoms with Crippen molar-refractivity contribution in [3.8, 4) is 0 Å². The van der Waals surface area contributed by atoms with E-state index in [-0.39, 0.29) is 25.1 Å². The van der Waals surface area contributed by atoms with Crippen LogP contribution in [0.5, 0.6) is 0 Å². The highest BCUT2D eigenvalue weighted by molar-refractivity contribution is 4.92. The number of rotatable bonds is 9. The van der Waals surface area contributed by atoms with Crippen LogP contribution in [0.25, 0.3) is 0 Å². The Balaban J connectivity index is 2.56. The van der Waals surface area contributed by atoms with E-state index >= 15 is 0 Å². The van der Waals surface area contributed by atoms with Gasteiger partial charge in [-0.05, 0) is 33.6 Å². The number of ether oxygens (including phenoxy) is 4. The fraction of sp³-hybridized carbons (Fsp3) is 0.867. The molecule has 5 nitrogen and oxygen atoms in total. The molecule has 0 radical (unpaired) electrons. The summed E-state index contributed by atoms with van der Waals surface area (Å²) in [6.45, 7) is 10.5. The standard InChI is InChI=1S/C15H29NO4/c1-11(2)6-7-13-14(20-15(3,4)19-13)8-12(9-16)18-10-17-5/h12-14H,1,6-10,16H2,2-5H3/t12-,13+,14-/m0/s1. The van der Waals surface area contributed by atoms with E-state index in [4.69, 9.17) is 24.7 Å². The van der Waals surface area contributed by atoms with Crippen molar-refractivity contribution in [2.75, 3.05) is 20.4 Å². The van der Waals surface area contributed by atoms with E-state index in [0.29, 0.717) is 13.0 Å². The van der Waals surface area contributed by atoms with Crippen molar-refractivity contribution in [2.24, 2.45) is 5.73 Å². The number of nitrogens with two attached hydrogens (primary N) is 1. The summed E-state index contributed by atoms with van der Waals surface area (Å²) in [6.07, 6.45) is 2.53. The fourth-order valence-electron chi connectivity index (χ4n) is 2.40. The lowest BCUT2D eigenvalue weighted by molar-refractivity contribution is -0.151. The van der Waals surface area contributed by atoms with Gasteiger partial charge in [0.15, 0.2) is 5.79 Å². The van der Waals surface area contributed by atoms with Gasteiger partial charge in [0, 0.05) is 20.1 Å². The highest BCUT2D eigenvalue weighted by Crippen LogP contribution is 2.33. The molecule has 1 heterocycles. The number of hydrogen-bond acceptors (Lipinski definition) is 5. The lowest BCUT2D eigenvalue weighted by Crippen LogP contribution is -2.33. The van der Waals surface area contributed by atoms with E-state index in [2.05, 4.69) is 6.58 Å². The highest BCUT2D eigenvalue weighted by atomic mass is 16.8. The third-order valence-electron chi connectivity index (χ3n) is 3.32. The molecule has 0 aliphatic carbocycles. The molecule has 2 N–H and O–H groups in total. The fourth-order valence-corrected chi connectivity index (χ4v) is 2.40. The summed E-state index contributed by atoms with van der Waals surface area (Å²) < 4.78 is 22.4. The van der Waals surface area contributed by atoms with Crippen molar-refractivity contribution >= 4 is 0 Å². The van der Waals surface area contributed by atoms with Gasteiger partial charge in [0.1, 0.15) is 6.79 Å². The van der Waals surface area contributed by atoms with Crippen molar-refractivity contribution in [1.29, 1.82) is 0 Å². The summed E-state index contributed by atoms with van der Waals surface area (Å²) >= 11 is 0. The summed E-state index contributed by atoms with van der Waals surface area (Å²) in [6, 6.07) is 0. The summed E-state index contributed by atoms with van der Waals surface area (Å²) in [5, 5.41) is 0. The second-order valence-electron chi connectivity index (χ2n) is 5.87. The van der Waals surface area contributed by atoms with E-state index in [1.807, 2.05) is 20.8 Å². The molecule has 1 aliphatic heterocycles. The van der Waals surface area contributed by atoms with Gasteiger partial charge in [-0.25, -0.2) is 0 Å². The van der Waals surface area contributed by atoms with Gasteiger partial charge in [-0.2, -0.15) is 0 Å². The molecule has 0 saturated carbocycles. The Kier molecular flexibility index (Phi) is 7.12. The van der Waals surface area contributed by atoms with Crippen molar-refractivity contribution in [3.05, 3.63) is 12.2 Å². The number of allylic oxidation sites excluding steroid dienone is 1. The minimum atomic E-state index is -0.551. The van der Waals surface area contributed by atoms with E-state index in [0.717, 1.165) is 18.4 Å². The molecule has 1 saturated heterocycles. The van der Waals surface area contributed by atoms with Gasteiger partial charge in [0.25, 0.3) is 0 Å². The number of methoxy groups -OCH3 is 1. The first-order valence-electron chi connectivity index (χ1n) is 7.18. The second kappa shape index (κ2) is 8.10. The maximum absolute atomic E-state index is 5.98. The molecule has 1 aliphatic rings. The normalized spacial score (nSPS) is 26.6. The van der Waals surface area contributed by atoms with Crippen LogP contribution in [0.1, 0.15) is 40.0 Å². The van der Waals surface area contributed by atoms with Crippen LogP contribution in [0, 0.1) is 0 Å². The molecular weight excluding hydrogens is 258 g/mol. The van der Waals surface area contributed by atoms with Gasteiger partial charge < -0.3 is 24.7 Å². The molecule has 3 atom stereocenters. The minimum Gasteiger partial charge on any atom is -0.359 e. The molecule has 0 aromatic heterocycles. The Hall–Kier alpha value is -0.460. The van der Waals surface area contributed by atoms with Gasteiger partial charge in [-0.3, -0.25) is 0 Å². The summed E-state index contributed by atoms with van der Waals surface area (Å²) in [5.41, 5.74) is 6.89. The Morgan fingerprint density at radius 1 is 1.35 bits per heavy atom. The smallest absolute Gasteiger partial charge is 0.163 e. The Bertz CT molecular complexity index is 306. The Morgan fingerprint density at radius 3 is 2.55 bits per heavy atom. The van der Waals surface area contributed by atoms with Crippen LogP contribution in [0.3, 0.4) is 0 Å². The molecule has 118 valence electrons. The zero-order chi connectivity index (χ0) is 15.2. The maximum Gasteiger partial charge on any atom is 0.163 e. The molecule has 0 amide bonds. The van der Waals surface area contributed by atoms with E-state index in [1.54, 1.807) is 7.11 Å². The molecule has 20 heavy (non-hydrogen) atoms. The molecule has 0 bridgehead atoms. The zero-order valence-corrected chi connectivity index (χ0v) is 13.2. The third kappa shape index (κ3) is 5.89. The topological polar surface area (TPSA) is 62.9 Å². The van der Waals surface area contributed by atoms with Gasteiger partial charge in [0.2, 0.25) is 0 Å². The maximum atomic E-state index is 5.98. The molecular formula is C15H29NO4. The monoisotopic (exact) mass is 287 g/mol. The summed E-state index contributed by atoms with van der Waals surface area (Å²) in [4.78, 5) is 0. The molecule has 1 fully saturated rings. The van der Waals surface area contributed by atoms with Gasteiger partial charge in [0.05, 0.1) is 18.3 Å². The lowest BCUT2D eigenvalue weighted by Gasteiger charge is -2.22. The predicted octanol–water partition coefficient (Wildman–Crippen LogP) is 2.20.